The standard InChI is InChI=1S/2C38H44.C19H22O/c2*1-21-13-33(14-22(2)29(21)9)37(34-15-23(3)30(10)24(4)16-34)38(35-17-25(5)31(11)26(6)18-35)36-19-27(7)32(12)28(8)20-36;1-11-7-17(8-12(2)15(11)5)19(20)18-9-13(3)16(6)14(4)10-18/h2*13-20H,1-12H3;7-10H,1-6H3. The Kier molecular flexibility index (Phi) is 22.4. The lowest BCUT2D eigenvalue weighted by Gasteiger charge is -2.23. The van der Waals surface area contributed by atoms with Crippen molar-refractivity contribution in [3.05, 3.63) is 344 Å². The summed E-state index contributed by atoms with van der Waals surface area (Å²) in [5, 5.41) is 0. The molecule has 0 heterocycles. The van der Waals surface area contributed by atoms with Gasteiger partial charge in [0, 0.05) is 11.1 Å². The van der Waals surface area contributed by atoms with Gasteiger partial charge < -0.3 is 0 Å². The van der Waals surface area contributed by atoms with Crippen LogP contribution in [0.1, 0.15) is 227 Å². The minimum Gasteiger partial charge on any atom is -0.289 e. The van der Waals surface area contributed by atoms with Crippen LogP contribution < -0.4 is 0 Å². The first-order valence-corrected chi connectivity index (χ1v) is 34.8. The Bertz CT molecular complexity index is 3820. The minimum absolute atomic E-state index is 0.113. The Hall–Kier alpha value is -8.65. The summed E-state index contributed by atoms with van der Waals surface area (Å²) in [5.41, 5.74) is 56.7. The average Bonchev–Trinajstić information content (AvgIpc) is 0.770. The van der Waals surface area contributed by atoms with Gasteiger partial charge in [-0.25, -0.2) is 0 Å². The van der Waals surface area contributed by atoms with Gasteiger partial charge in [-0.15, -0.1) is 0 Å². The summed E-state index contributed by atoms with van der Waals surface area (Å²) in [6.07, 6.45) is 0. The average molecular weight is 1270 g/mol. The fraction of sp³-hybridized carbons (Fsp3) is 0.316. The van der Waals surface area contributed by atoms with Crippen LogP contribution in [0.5, 0.6) is 0 Å². The number of carbonyl (C=O) groups is 1. The Morgan fingerprint density at radius 3 is 0.292 bits per heavy atom. The summed E-state index contributed by atoms with van der Waals surface area (Å²) in [5.74, 6) is 0.113. The van der Waals surface area contributed by atoms with Crippen molar-refractivity contribution in [3.63, 3.8) is 0 Å². The molecule has 0 saturated heterocycles. The lowest BCUT2D eigenvalue weighted by molar-refractivity contribution is 0.103. The van der Waals surface area contributed by atoms with E-state index < -0.39 is 0 Å². The van der Waals surface area contributed by atoms with Gasteiger partial charge in [-0.1, -0.05) is 97.1 Å². The topological polar surface area (TPSA) is 17.1 Å². The van der Waals surface area contributed by atoms with E-state index in [0.29, 0.717) is 0 Å². The molecule has 0 aliphatic heterocycles. The van der Waals surface area contributed by atoms with Crippen LogP contribution in [0.3, 0.4) is 0 Å². The van der Waals surface area contributed by atoms with Gasteiger partial charge in [0.15, 0.2) is 5.78 Å². The molecule has 0 fully saturated rings. The maximum atomic E-state index is 12.7. The number of hydrogen-bond donors (Lipinski definition) is 0. The van der Waals surface area contributed by atoms with Gasteiger partial charge in [0.05, 0.1) is 0 Å². The van der Waals surface area contributed by atoms with Gasteiger partial charge in [-0.2, -0.15) is 0 Å². The molecule has 0 bridgehead atoms. The van der Waals surface area contributed by atoms with Crippen molar-refractivity contribution in [1.82, 2.24) is 0 Å². The molecular weight excluding hydrogens is 1160 g/mol. The molecule has 0 amide bonds. The maximum Gasteiger partial charge on any atom is 0.193 e. The van der Waals surface area contributed by atoms with Gasteiger partial charge in [0.2, 0.25) is 0 Å². The van der Waals surface area contributed by atoms with Crippen molar-refractivity contribution in [1.29, 1.82) is 0 Å². The van der Waals surface area contributed by atoms with Crippen molar-refractivity contribution in [3.8, 4) is 0 Å². The molecule has 0 aliphatic rings. The third-order valence-corrected chi connectivity index (χ3v) is 22.6. The zero-order chi connectivity index (χ0) is 71.1. The molecule has 0 unspecified atom stereocenters. The minimum atomic E-state index is 0.113. The fourth-order valence-electron chi connectivity index (χ4n) is 13.8. The van der Waals surface area contributed by atoms with Crippen LogP contribution in [-0.4, -0.2) is 5.78 Å². The highest BCUT2D eigenvalue weighted by Gasteiger charge is 2.24. The number of carbonyl (C=O) groups excluding carboxylic acids is 1. The molecule has 0 aliphatic carbocycles. The predicted octanol–water partition coefficient (Wildman–Crippen LogP) is 25.6. The normalized spacial score (nSPS) is 11.1. The Morgan fingerprint density at radius 2 is 0.208 bits per heavy atom. The summed E-state index contributed by atoms with van der Waals surface area (Å²) in [4.78, 5) is 12.7. The van der Waals surface area contributed by atoms with Crippen molar-refractivity contribution < 1.29 is 4.79 Å². The molecule has 0 radical (unpaired) electrons. The number of aryl methyl sites for hydroxylation is 20. The van der Waals surface area contributed by atoms with Crippen molar-refractivity contribution in [2.75, 3.05) is 0 Å². The summed E-state index contributed by atoms with van der Waals surface area (Å²) in [6, 6.07) is 46.3. The smallest absolute Gasteiger partial charge is 0.193 e. The molecule has 96 heavy (non-hydrogen) atoms. The highest BCUT2D eigenvalue weighted by Crippen LogP contribution is 2.44. The number of rotatable bonds is 10. The van der Waals surface area contributed by atoms with E-state index in [-0.39, 0.29) is 5.78 Å². The molecule has 1 heteroatoms. The largest absolute Gasteiger partial charge is 0.289 e. The van der Waals surface area contributed by atoms with E-state index in [1.165, 1.54) is 234 Å². The Balaban J connectivity index is 0.000000193. The van der Waals surface area contributed by atoms with E-state index in [1.54, 1.807) is 0 Å². The lowest BCUT2D eigenvalue weighted by Crippen LogP contribution is -2.05. The quantitative estimate of drug-likeness (QED) is 0.0985. The SMILES string of the molecule is Cc1cc(C(=C(c2cc(C)c(C)c(C)c2)c2cc(C)c(C)c(C)c2)c2cc(C)c(C)c(C)c2)cc(C)c1C.Cc1cc(C(=C(c2cc(C)c(C)c(C)c2)c2cc(C)c(C)c(C)c2)c2cc(C)c(C)c(C)c2)cc(C)c1C.Cc1cc(C(=O)c2cc(C)c(C)c(C)c2)cc(C)c1C. The van der Waals surface area contributed by atoms with Crippen molar-refractivity contribution >= 4 is 28.1 Å². The number of ketones is 1. The molecule has 496 valence electrons. The van der Waals surface area contributed by atoms with Crippen LogP contribution in [0.15, 0.2) is 121 Å². The van der Waals surface area contributed by atoms with E-state index in [9.17, 15) is 4.79 Å². The molecule has 0 saturated carbocycles. The first-order valence-electron chi connectivity index (χ1n) is 34.8. The molecule has 10 rings (SSSR count). The zero-order valence-electron chi connectivity index (χ0n) is 64.5. The maximum absolute atomic E-state index is 12.7. The Labute approximate surface area is 581 Å². The molecule has 10 aromatic rings. The second-order valence-corrected chi connectivity index (χ2v) is 29.2. The van der Waals surface area contributed by atoms with Crippen LogP contribution in [0, 0.1) is 208 Å². The van der Waals surface area contributed by atoms with Crippen LogP contribution in [0.25, 0.3) is 22.3 Å². The highest BCUT2D eigenvalue weighted by atomic mass is 16.1. The molecule has 0 spiro atoms. The van der Waals surface area contributed by atoms with E-state index >= 15 is 0 Å². The van der Waals surface area contributed by atoms with Gasteiger partial charge in [-0.05, 0) is 466 Å². The van der Waals surface area contributed by atoms with Crippen LogP contribution in [0.2, 0.25) is 0 Å². The Morgan fingerprint density at radius 1 is 0.135 bits per heavy atom. The third kappa shape index (κ3) is 15.3. The van der Waals surface area contributed by atoms with Crippen molar-refractivity contribution in [2.24, 2.45) is 0 Å². The van der Waals surface area contributed by atoms with Gasteiger partial charge >= 0.3 is 0 Å². The number of benzene rings is 10. The van der Waals surface area contributed by atoms with Crippen LogP contribution >= 0.6 is 0 Å². The van der Waals surface area contributed by atoms with E-state index in [1.807, 2.05) is 24.3 Å². The summed E-state index contributed by atoms with van der Waals surface area (Å²) in [6.45, 7) is 66.2. The second kappa shape index (κ2) is 29.4. The molecule has 10 aromatic carbocycles. The summed E-state index contributed by atoms with van der Waals surface area (Å²) >= 11 is 0. The monoisotopic (exact) mass is 1270 g/mol. The zero-order valence-corrected chi connectivity index (χ0v) is 64.5. The van der Waals surface area contributed by atoms with Crippen molar-refractivity contribution in [2.45, 2.75) is 208 Å². The first kappa shape index (κ1) is 73.2. The lowest BCUT2D eigenvalue weighted by atomic mass is 9.81. The third-order valence-electron chi connectivity index (χ3n) is 22.6. The summed E-state index contributed by atoms with van der Waals surface area (Å²) in [7, 11) is 0. The van der Waals surface area contributed by atoms with Crippen LogP contribution in [0.4, 0.5) is 0 Å². The van der Waals surface area contributed by atoms with Gasteiger partial charge in [0.25, 0.3) is 0 Å². The van der Waals surface area contributed by atoms with Gasteiger partial charge in [0.1, 0.15) is 0 Å². The first-order chi connectivity index (χ1) is 44.9. The number of hydrogen-bond acceptors (Lipinski definition) is 1. The van der Waals surface area contributed by atoms with E-state index in [4.69, 9.17) is 0 Å². The molecular formula is C95H110O. The van der Waals surface area contributed by atoms with Gasteiger partial charge in [-0.3, -0.25) is 4.79 Å². The second-order valence-electron chi connectivity index (χ2n) is 29.2. The van der Waals surface area contributed by atoms with E-state index in [0.717, 1.165) is 11.1 Å². The molecule has 0 N–H and O–H groups in total. The molecule has 0 aromatic heterocycles. The molecule has 0 atom stereocenters. The summed E-state index contributed by atoms with van der Waals surface area (Å²) < 4.78 is 0. The van der Waals surface area contributed by atoms with E-state index in [2.05, 4.69) is 305 Å². The predicted molar refractivity (Wildman–Crippen MR) is 420 cm³/mol. The van der Waals surface area contributed by atoms with Crippen LogP contribution in [-0.2, 0) is 0 Å². The molecule has 1 nitrogen and oxygen atoms in total. The fourth-order valence-corrected chi connectivity index (χ4v) is 13.8. The highest BCUT2D eigenvalue weighted by molar-refractivity contribution is 6.10.